The number of carbonyl (C=O) groups excluding carboxylic acids is 1. The molecule has 1 amide bonds. The molecule has 0 aliphatic carbocycles. The smallest absolute Gasteiger partial charge is 0.236 e. The molecule has 0 aromatic heterocycles. The Kier molecular flexibility index (Phi) is 9.14. The van der Waals surface area contributed by atoms with Gasteiger partial charge < -0.3 is 10.6 Å². The second-order valence-electron chi connectivity index (χ2n) is 5.26. The zero-order valence-corrected chi connectivity index (χ0v) is 12.2. The minimum atomic E-state index is -0.0846. The van der Waals surface area contributed by atoms with Gasteiger partial charge in [0.05, 0.1) is 6.04 Å². The fraction of sp³-hybridized carbons (Fsp3) is 0.929. The Hall–Kier alpha value is -0.570. The van der Waals surface area contributed by atoms with E-state index in [2.05, 4.69) is 38.3 Å². The van der Waals surface area contributed by atoms with Gasteiger partial charge in [-0.05, 0) is 32.1 Å². The maximum absolute atomic E-state index is 11.8. The molecular weight excluding hydrogens is 212 g/mol. The Bertz CT molecular complexity index is 204. The number of carbonyl (C=O) groups is 1. The molecule has 0 rings (SSSR count). The lowest BCUT2D eigenvalue weighted by Crippen LogP contribution is -2.46. The Morgan fingerprint density at radius 3 is 2.24 bits per heavy atom. The molecule has 0 heterocycles. The second kappa shape index (κ2) is 9.46. The Balaban J connectivity index is 3.86. The highest BCUT2D eigenvalue weighted by atomic mass is 16.2. The average molecular weight is 242 g/mol. The summed E-state index contributed by atoms with van der Waals surface area (Å²) in [4.78, 5) is 11.8. The van der Waals surface area contributed by atoms with Gasteiger partial charge in [-0.25, -0.2) is 0 Å². The predicted octanol–water partition coefficient (Wildman–Crippen LogP) is 2.71. The van der Waals surface area contributed by atoms with Crippen LogP contribution in [-0.2, 0) is 4.79 Å². The van der Waals surface area contributed by atoms with E-state index in [1.165, 1.54) is 0 Å². The van der Waals surface area contributed by atoms with Gasteiger partial charge in [-0.3, -0.25) is 4.79 Å². The molecule has 0 aliphatic rings. The highest BCUT2D eigenvalue weighted by molar-refractivity contribution is 5.81. The normalized spacial score (nSPS) is 14.7. The molecule has 0 saturated heterocycles. The van der Waals surface area contributed by atoms with E-state index in [1.807, 2.05) is 6.92 Å². The van der Waals surface area contributed by atoms with Gasteiger partial charge in [0.1, 0.15) is 0 Å². The van der Waals surface area contributed by atoms with Crippen molar-refractivity contribution in [3.05, 3.63) is 0 Å². The summed E-state index contributed by atoms with van der Waals surface area (Å²) in [5.41, 5.74) is 0. The van der Waals surface area contributed by atoms with Gasteiger partial charge >= 0.3 is 0 Å². The Labute approximate surface area is 107 Å². The van der Waals surface area contributed by atoms with Crippen LogP contribution in [0, 0.1) is 5.92 Å². The first kappa shape index (κ1) is 16.4. The predicted molar refractivity (Wildman–Crippen MR) is 74.0 cm³/mol. The lowest BCUT2D eigenvalue weighted by molar-refractivity contribution is -0.123. The number of amides is 1. The van der Waals surface area contributed by atoms with Crippen LogP contribution in [0.4, 0.5) is 0 Å². The van der Waals surface area contributed by atoms with E-state index in [-0.39, 0.29) is 11.9 Å². The fourth-order valence-corrected chi connectivity index (χ4v) is 1.82. The van der Waals surface area contributed by atoms with Gasteiger partial charge in [-0.1, -0.05) is 34.1 Å². The molecular formula is C14H30N2O. The van der Waals surface area contributed by atoms with Crippen LogP contribution in [0.1, 0.15) is 60.3 Å². The van der Waals surface area contributed by atoms with Crippen molar-refractivity contribution in [3.63, 3.8) is 0 Å². The minimum absolute atomic E-state index is 0.0846. The molecule has 0 aromatic carbocycles. The van der Waals surface area contributed by atoms with E-state index in [1.54, 1.807) is 0 Å². The van der Waals surface area contributed by atoms with Crippen molar-refractivity contribution in [2.45, 2.75) is 72.4 Å². The molecule has 0 saturated carbocycles. The van der Waals surface area contributed by atoms with Crippen molar-refractivity contribution in [3.8, 4) is 0 Å². The first-order valence-electron chi connectivity index (χ1n) is 7.04. The largest absolute Gasteiger partial charge is 0.355 e. The number of hydrogen-bond acceptors (Lipinski definition) is 2. The molecule has 2 unspecified atom stereocenters. The van der Waals surface area contributed by atoms with Crippen LogP contribution in [0.2, 0.25) is 0 Å². The Morgan fingerprint density at radius 1 is 1.12 bits per heavy atom. The van der Waals surface area contributed by atoms with Crippen molar-refractivity contribution >= 4 is 5.91 Å². The lowest BCUT2D eigenvalue weighted by Gasteiger charge is -2.21. The van der Waals surface area contributed by atoms with Gasteiger partial charge in [0.2, 0.25) is 5.91 Å². The summed E-state index contributed by atoms with van der Waals surface area (Å²) < 4.78 is 0. The second-order valence-corrected chi connectivity index (χ2v) is 5.26. The third kappa shape index (κ3) is 8.19. The van der Waals surface area contributed by atoms with E-state index < -0.39 is 0 Å². The van der Waals surface area contributed by atoms with E-state index in [9.17, 15) is 4.79 Å². The zero-order valence-electron chi connectivity index (χ0n) is 12.2. The van der Waals surface area contributed by atoms with E-state index in [4.69, 9.17) is 0 Å². The SMILES string of the molecule is CCCC(CC)NC(C)C(=O)NCCC(C)C. The molecule has 0 aliphatic heterocycles. The third-order valence-corrected chi connectivity index (χ3v) is 3.03. The molecule has 3 heteroatoms. The van der Waals surface area contributed by atoms with Gasteiger partial charge in [-0.15, -0.1) is 0 Å². The van der Waals surface area contributed by atoms with Gasteiger partial charge in [0.25, 0.3) is 0 Å². The van der Waals surface area contributed by atoms with E-state index in [0.717, 1.165) is 32.2 Å². The van der Waals surface area contributed by atoms with Crippen LogP contribution in [0.25, 0.3) is 0 Å². The van der Waals surface area contributed by atoms with Gasteiger partial charge in [0.15, 0.2) is 0 Å². The number of rotatable bonds is 9. The highest BCUT2D eigenvalue weighted by Gasteiger charge is 2.15. The molecule has 102 valence electrons. The quantitative estimate of drug-likeness (QED) is 0.653. The van der Waals surface area contributed by atoms with Crippen molar-refractivity contribution in [2.24, 2.45) is 5.92 Å². The summed E-state index contributed by atoms with van der Waals surface area (Å²) in [5.74, 6) is 0.766. The molecule has 17 heavy (non-hydrogen) atoms. The number of hydrogen-bond donors (Lipinski definition) is 2. The van der Waals surface area contributed by atoms with Crippen LogP contribution >= 0.6 is 0 Å². The molecule has 0 bridgehead atoms. The summed E-state index contributed by atoms with van der Waals surface area (Å²) in [6.07, 6.45) is 4.43. The maximum atomic E-state index is 11.8. The van der Waals surface area contributed by atoms with Crippen LogP contribution in [0.5, 0.6) is 0 Å². The first-order chi connectivity index (χ1) is 8.01. The standard InChI is InChI=1S/C14H30N2O/c1-6-8-13(7-2)16-12(5)14(17)15-10-9-11(3)4/h11-13,16H,6-10H2,1-5H3,(H,15,17). The summed E-state index contributed by atoms with van der Waals surface area (Å²) in [6, 6.07) is 0.379. The van der Waals surface area contributed by atoms with Crippen LogP contribution in [0.15, 0.2) is 0 Å². The zero-order chi connectivity index (χ0) is 13.3. The van der Waals surface area contributed by atoms with E-state index in [0.29, 0.717) is 12.0 Å². The molecule has 0 spiro atoms. The maximum Gasteiger partial charge on any atom is 0.236 e. The minimum Gasteiger partial charge on any atom is -0.355 e. The average Bonchev–Trinajstić information content (AvgIpc) is 2.27. The summed E-state index contributed by atoms with van der Waals surface area (Å²) in [6.45, 7) is 11.4. The molecule has 2 atom stereocenters. The van der Waals surface area contributed by atoms with Gasteiger partial charge in [-0.2, -0.15) is 0 Å². The molecule has 0 fully saturated rings. The topological polar surface area (TPSA) is 41.1 Å². The lowest BCUT2D eigenvalue weighted by atomic mass is 10.1. The van der Waals surface area contributed by atoms with E-state index >= 15 is 0 Å². The fourth-order valence-electron chi connectivity index (χ4n) is 1.82. The van der Waals surface area contributed by atoms with Crippen LogP contribution < -0.4 is 10.6 Å². The number of nitrogens with one attached hydrogen (secondary N) is 2. The molecule has 2 N–H and O–H groups in total. The van der Waals surface area contributed by atoms with Crippen LogP contribution in [0.3, 0.4) is 0 Å². The molecule has 0 aromatic rings. The van der Waals surface area contributed by atoms with Crippen molar-refractivity contribution in [1.29, 1.82) is 0 Å². The van der Waals surface area contributed by atoms with Crippen LogP contribution in [-0.4, -0.2) is 24.5 Å². The monoisotopic (exact) mass is 242 g/mol. The van der Waals surface area contributed by atoms with Crippen molar-refractivity contribution in [2.75, 3.05) is 6.54 Å². The summed E-state index contributed by atoms with van der Waals surface area (Å²) in [5, 5.41) is 6.38. The molecule has 0 radical (unpaired) electrons. The Morgan fingerprint density at radius 2 is 1.76 bits per heavy atom. The van der Waals surface area contributed by atoms with Gasteiger partial charge in [0, 0.05) is 12.6 Å². The molecule has 3 nitrogen and oxygen atoms in total. The van der Waals surface area contributed by atoms with Crippen molar-refractivity contribution < 1.29 is 4.79 Å². The highest BCUT2D eigenvalue weighted by Crippen LogP contribution is 2.02. The third-order valence-electron chi connectivity index (χ3n) is 3.03. The summed E-state index contributed by atoms with van der Waals surface area (Å²) in [7, 11) is 0. The first-order valence-corrected chi connectivity index (χ1v) is 7.04. The van der Waals surface area contributed by atoms with Crippen molar-refractivity contribution in [1.82, 2.24) is 10.6 Å². The summed E-state index contributed by atoms with van der Waals surface area (Å²) >= 11 is 0.